The standard InChI is InChI=1S/C25H24N6O2/c1-2-33-25(32)17(15-26)22-24(30-21-10-6-3-7-18(21)27-22)31-13-11-16(12-14-31)23-28-19-8-4-5-9-20(19)29-23/h3-10,16-17H,2,11-14H2,1H3,(H,28,29). The van der Waals surface area contributed by atoms with Crippen LogP contribution in [-0.2, 0) is 9.53 Å². The summed E-state index contributed by atoms with van der Waals surface area (Å²) in [6.45, 7) is 3.38. The Bertz CT molecular complexity index is 1320. The minimum atomic E-state index is -1.12. The van der Waals surface area contributed by atoms with Crippen LogP contribution in [0, 0.1) is 11.3 Å². The number of hydrogen-bond donors (Lipinski definition) is 1. The van der Waals surface area contributed by atoms with Gasteiger partial charge in [-0.05, 0) is 44.0 Å². The molecule has 0 saturated carbocycles. The molecule has 8 heteroatoms. The molecular weight excluding hydrogens is 416 g/mol. The number of nitriles is 1. The zero-order valence-corrected chi connectivity index (χ0v) is 18.4. The van der Waals surface area contributed by atoms with Crippen molar-refractivity contribution >= 4 is 33.9 Å². The average molecular weight is 441 g/mol. The second kappa shape index (κ2) is 8.87. The van der Waals surface area contributed by atoms with Crippen molar-refractivity contribution in [3.63, 3.8) is 0 Å². The second-order valence-electron chi connectivity index (χ2n) is 8.14. The van der Waals surface area contributed by atoms with E-state index >= 15 is 0 Å². The maximum atomic E-state index is 12.5. The summed E-state index contributed by atoms with van der Waals surface area (Å²) in [5.74, 6) is 0.175. The Balaban J connectivity index is 1.45. The number of H-pyrrole nitrogens is 1. The summed E-state index contributed by atoms with van der Waals surface area (Å²) in [5, 5.41) is 9.78. The van der Waals surface area contributed by atoms with Crippen LogP contribution in [0.25, 0.3) is 22.1 Å². The summed E-state index contributed by atoms with van der Waals surface area (Å²) in [4.78, 5) is 32.4. The van der Waals surface area contributed by atoms with Crippen LogP contribution in [-0.4, -0.2) is 45.6 Å². The van der Waals surface area contributed by atoms with Crippen molar-refractivity contribution in [2.45, 2.75) is 31.6 Å². The largest absolute Gasteiger partial charge is 0.465 e. The number of carbonyl (C=O) groups excluding carboxylic acids is 1. The van der Waals surface area contributed by atoms with E-state index in [4.69, 9.17) is 14.7 Å². The summed E-state index contributed by atoms with van der Waals surface area (Å²) < 4.78 is 5.15. The Hall–Kier alpha value is -3.99. The molecule has 3 heterocycles. The van der Waals surface area contributed by atoms with Crippen molar-refractivity contribution in [1.29, 1.82) is 5.26 Å². The van der Waals surface area contributed by atoms with Crippen molar-refractivity contribution in [3.8, 4) is 6.07 Å². The molecule has 0 aliphatic carbocycles. The van der Waals surface area contributed by atoms with Crippen LogP contribution < -0.4 is 4.90 Å². The molecule has 0 amide bonds. The van der Waals surface area contributed by atoms with E-state index in [9.17, 15) is 10.1 Å². The van der Waals surface area contributed by atoms with E-state index in [0.29, 0.717) is 22.9 Å². The second-order valence-corrected chi connectivity index (χ2v) is 8.14. The molecule has 2 aromatic carbocycles. The summed E-state index contributed by atoms with van der Waals surface area (Å²) >= 11 is 0. The fourth-order valence-electron chi connectivity index (χ4n) is 4.41. The Morgan fingerprint density at radius 3 is 2.42 bits per heavy atom. The molecule has 0 radical (unpaired) electrons. The van der Waals surface area contributed by atoms with Crippen LogP contribution in [0.1, 0.15) is 43.1 Å². The van der Waals surface area contributed by atoms with Gasteiger partial charge in [-0.15, -0.1) is 0 Å². The number of nitrogens with one attached hydrogen (secondary N) is 1. The molecule has 4 aromatic rings. The lowest BCUT2D eigenvalue weighted by Crippen LogP contribution is -2.35. The van der Waals surface area contributed by atoms with Crippen LogP contribution >= 0.6 is 0 Å². The number of aromatic amines is 1. The monoisotopic (exact) mass is 440 g/mol. The van der Waals surface area contributed by atoms with Crippen molar-refractivity contribution in [1.82, 2.24) is 19.9 Å². The summed E-state index contributed by atoms with van der Waals surface area (Å²) in [6.07, 6.45) is 1.76. The van der Waals surface area contributed by atoms with Gasteiger partial charge in [-0.1, -0.05) is 24.3 Å². The molecule has 2 aromatic heterocycles. The summed E-state index contributed by atoms with van der Waals surface area (Å²) in [7, 11) is 0. The van der Waals surface area contributed by atoms with Gasteiger partial charge in [0.25, 0.3) is 0 Å². The van der Waals surface area contributed by atoms with Crippen molar-refractivity contribution < 1.29 is 9.53 Å². The predicted octanol–water partition coefficient (Wildman–Crippen LogP) is 4.06. The number of esters is 1. The maximum absolute atomic E-state index is 12.5. The zero-order valence-electron chi connectivity index (χ0n) is 18.4. The van der Waals surface area contributed by atoms with E-state index in [1.165, 1.54) is 0 Å². The first-order chi connectivity index (χ1) is 16.2. The molecule has 0 bridgehead atoms. The van der Waals surface area contributed by atoms with Gasteiger partial charge in [0.15, 0.2) is 11.7 Å². The lowest BCUT2D eigenvalue weighted by atomic mass is 9.95. The first-order valence-corrected chi connectivity index (χ1v) is 11.2. The van der Waals surface area contributed by atoms with Gasteiger partial charge in [0.1, 0.15) is 11.5 Å². The van der Waals surface area contributed by atoms with Gasteiger partial charge in [-0.3, -0.25) is 4.79 Å². The van der Waals surface area contributed by atoms with E-state index in [2.05, 4.69) is 20.9 Å². The number of para-hydroxylation sites is 4. The van der Waals surface area contributed by atoms with Gasteiger partial charge < -0.3 is 14.6 Å². The Morgan fingerprint density at radius 2 is 1.76 bits per heavy atom. The highest BCUT2D eigenvalue weighted by atomic mass is 16.5. The molecule has 1 unspecified atom stereocenters. The van der Waals surface area contributed by atoms with Crippen LogP contribution in [0.15, 0.2) is 48.5 Å². The molecule has 33 heavy (non-hydrogen) atoms. The molecule has 0 spiro atoms. The third-order valence-corrected chi connectivity index (χ3v) is 6.09. The van der Waals surface area contributed by atoms with Crippen molar-refractivity contribution in [2.75, 3.05) is 24.6 Å². The number of rotatable bonds is 5. The number of piperidine rings is 1. The first kappa shape index (κ1) is 20.9. The molecule has 166 valence electrons. The Kier molecular flexibility index (Phi) is 5.61. The summed E-state index contributed by atoms with van der Waals surface area (Å²) in [5.41, 5.74) is 3.76. The van der Waals surface area contributed by atoms with Crippen molar-refractivity contribution in [3.05, 3.63) is 60.0 Å². The number of hydrogen-bond acceptors (Lipinski definition) is 7. The van der Waals surface area contributed by atoms with Gasteiger partial charge in [0.2, 0.25) is 0 Å². The van der Waals surface area contributed by atoms with Crippen LogP contribution in [0.3, 0.4) is 0 Å². The number of benzene rings is 2. The zero-order chi connectivity index (χ0) is 22.8. The molecule has 1 aliphatic rings. The number of aromatic nitrogens is 4. The Labute approximate surface area is 191 Å². The van der Waals surface area contributed by atoms with Crippen LogP contribution in [0.5, 0.6) is 0 Å². The van der Waals surface area contributed by atoms with E-state index in [1.807, 2.05) is 48.5 Å². The lowest BCUT2D eigenvalue weighted by molar-refractivity contribution is -0.143. The average Bonchev–Trinajstić information content (AvgIpc) is 3.29. The number of ether oxygens (including phenoxy) is 1. The highest BCUT2D eigenvalue weighted by Crippen LogP contribution is 2.33. The van der Waals surface area contributed by atoms with Gasteiger partial charge >= 0.3 is 5.97 Å². The predicted molar refractivity (Wildman–Crippen MR) is 125 cm³/mol. The molecule has 1 atom stereocenters. The minimum Gasteiger partial charge on any atom is -0.465 e. The topological polar surface area (TPSA) is 108 Å². The number of fused-ring (bicyclic) bond motifs is 2. The number of imidazole rings is 1. The molecular formula is C25H24N6O2. The third kappa shape index (κ3) is 3.98. The Morgan fingerprint density at radius 1 is 1.09 bits per heavy atom. The third-order valence-electron chi connectivity index (χ3n) is 6.09. The molecule has 1 aliphatic heterocycles. The van der Waals surface area contributed by atoms with E-state index in [1.54, 1.807) is 6.92 Å². The SMILES string of the molecule is CCOC(=O)C(C#N)c1nc2ccccc2nc1N1CCC(c2nc3ccccc3[nH]2)CC1. The fraction of sp³-hybridized carbons (Fsp3) is 0.320. The van der Waals surface area contributed by atoms with Gasteiger partial charge in [-0.25, -0.2) is 15.0 Å². The minimum absolute atomic E-state index is 0.205. The van der Waals surface area contributed by atoms with Gasteiger partial charge in [0.05, 0.1) is 34.7 Å². The molecule has 1 fully saturated rings. The van der Waals surface area contributed by atoms with E-state index in [-0.39, 0.29) is 6.61 Å². The first-order valence-electron chi connectivity index (χ1n) is 11.2. The fourth-order valence-corrected chi connectivity index (χ4v) is 4.41. The number of nitrogens with zero attached hydrogens (tertiary/aromatic N) is 5. The molecule has 5 rings (SSSR count). The highest BCUT2D eigenvalue weighted by molar-refractivity contribution is 5.85. The van der Waals surface area contributed by atoms with Crippen LogP contribution in [0.2, 0.25) is 0 Å². The van der Waals surface area contributed by atoms with Gasteiger partial charge in [0, 0.05) is 19.0 Å². The van der Waals surface area contributed by atoms with E-state index in [0.717, 1.165) is 48.3 Å². The van der Waals surface area contributed by atoms with Crippen LogP contribution in [0.4, 0.5) is 5.82 Å². The maximum Gasteiger partial charge on any atom is 0.329 e. The number of carbonyl (C=O) groups is 1. The molecule has 1 N–H and O–H groups in total. The quantitative estimate of drug-likeness (QED) is 0.466. The van der Waals surface area contributed by atoms with E-state index < -0.39 is 11.9 Å². The number of anilines is 1. The smallest absolute Gasteiger partial charge is 0.329 e. The van der Waals surface area contributed by atoms with Crippen molar-refractivity contribution in [2.24, 2.45) is 0 Å². The lowest BCUT2D eigenvalue weighted by Gasteiger charge is -2.33. The highest BCUT2D eigenvalue weighted by Gasteiger charge is 2.32. The van der Waals surface area contributed by atoms with Gasteiger partial charge in [-0.2, -0.15) is 5.26 Å². The molecule has 8 nitrogen and oxygen atoms in total. The molecule has 1 saturated heterocycles. The normalized spacial score (nSPS) is 15.5. The summed E-state index contributed by atoms with van der Waals surface area (Å²) in [6, 6.07) is 17.6.